The zero-order chi connectivity index (χ0) is 24.1. The molecule has 4 rings (SSSR count). The fourth-order valence-electron chi connectivity index (χ4n) is 4.56. The van der Waals surface area contributed by atoms with Crippen molar-refractivity contribution in [3.63, 3.8) is 0 Å². The molecule has 0 bridgehead atoms. The number of carbonyl (C=O) groups is 1. The number of aliphatic hydroxyl groups is 1. The van der Waals surface area contributed by atoms with Gasteiger partial charge < -0.3 is 20.4 Å². The molecule has 1 unspecified atom stereocenters. The van der Waals surface area contributed by atoms with Crippen LogP contribution in [0.15, 0.2) is 42.5 Å². The summed E-state index contributed by atoms with van der Waals surface area (Å²) in [4.78, 5) is 24.3. The topological polar surface area (TPSA) is 98.6 Å². The molecule has 1 atom stereocenters. The monoisotopic (exact) mass is 462 g/mol. The van der Waals surface area contributed by atoms with Gasteiger partial charge >= 0.3 is 0 Å². The minimum absolute atomic E-state index is 0.0389. The van der Waals surface area contributed by atoms with Crippen LogP contribution in [0.1, 0.15) is 51.0 Å². The van der Waals surface area contributed by atoms with Crippen molar-refractivity contribution in [2.24, 2.45) is 0 Å². The number of rotatable bonds is 8. The Balaban J connectivity index is 1.52. The Labute approximate surface area is 200 Å². The molecule has 0 saturated carbocycles. The van der Waals surface area contributed by atoms with Crippen LogP contribution in [0, 0.1) is 6.92 Å². The van der Waals surface area contributed by atoms with E-state index in [1.54, 1.807) is 12.1 Å². The van der Waals surface area contributed by atoms with E-state index in [2.05, 4.69) is 17.1 Å². The minimum Gasteiger partial charge on any atom is -0.507 e. The lowest BCUT2D eigenvalue weighted by Gasteiger charge is -2.34. The number of hydrogen-bond donors (Lipinski definition) is 3. The predicted molar refractivity (Wildman–Crippen MR) is 135 cm³/mol. The van der Waals surface area contributed by atoms with Crippen molar-refractivity contribution in [2.75, 3.05) is 18.0 Å². The van der Waals surface area contributed by atoms with Gasteiger partial charge in [-0.2, -0.15) is 0 Å². The van der Waals surface area contributed by atoms with E-state index in [0.29, 0.717) is 17.8 Å². The van der Waals surface area contributed by atoms with Gasteiger partial charge in [-0.15, -0.1) is 0 Å². The second kappa shape index (κ2) is 10.8. The van der Waals surface area contributed by atoms with E-state index in [9.17, 15) is 15.0 Å². The van der Waals surface area contributed by atoms with Gasteiger partial charge in [-0.3, -0.25) is 4.79 Å². The van der Waals surface area contributed by atoms with Crippen LogP contribution in [0.2, 0.25) is 0 Å². The number of carbonyl (C=O) groups excluding carboxylic acids is 1. The Hall–Kier alpha value is -3.19. The van der Waals surface area contributed by atoms with E-state index < -0.39 is 6.10 Å². The number of nitrogens with zero attached hydrogens (tertiary/aromatic N) is 3. The summed E-state index contributed by atoms with van der Waals surface area (Å²) in [5.41, 5.74) is 2.53. The number of nitrogens with one attached hydrogen (secondary N) is 1. The summed E-state index contributed by atoms with van der Waals surface area (Å²) in [5, 5.41) is 24.5. The summed E-state index contributed by atoms with van der Waals surface area (Å²) in [6.07, 6.45) is 4.09. The Morgan fingerprint density at radius 2 is 1.88 bits per heavy atom. The Morgan fingerprint density at radius 3 is 2.62 bits per heavy atom. The molecule has 3 N–H and O–H groups in total. The average molecular weight is 463 g/mol. The highest BCUT2D eigenvalue weighted by molar-refractivity contribution is 5.93. The Morgan fingerprint density at radius 1 is 1.12 bits per heavy atom. The first kappa shape index (κ1) is 24.0. The number of phenolic OH excluding ortho intramolecular Hbond substituents is 1. The number of para-hydroxylation sites is 2. The molecule has 7 heteroatoms. The number of piperidine rings is 1. The number of amides is 1. The average Bonchev–Trinajstić information content (AvgIpc) is 2.85. The second-order valence-electron chi connectivity index (χ2n) is 9.14. The number of benzene rings is 2. The molecule has 7 nitrogen and oxygen atoms in total. The molecule has 1 aliphatic heterocycles. The molecule has 180 valence electrons. The van der Waals surface area contributed by atoms with Crippen LogP contribution in [-0.2, 0) is 4.79 Å². The Bertz CT molecular complexity index is 1140. The molecule has 1 aromatic heterocycles. The molecule has 1 amide bonds. The van der Waals surface area contributed by atoms with Gasteiger partial charge in [0, 0.05) is 24.5 Å². The highest BCUT2D eigenvalue weighted by atomic mass is 16.3. The van der Waals surface area contributed by atoms with Crippen LogP contribution in [0.3, 0.4) is 0 Å². The van der Waals surface area contributed by atoms with Gasteiger partial charge in [-0.05, 0) is 49.9 Å². The van der Waals surface area contributed by atoms with Crippen molar-refractivity contribution in [1.82, 2.24) is 15.3 Å². The molecule has 3 aromatic rings. The number of phenols is 1. The van der Waals surface area contributed by atoms with E-state index in [4.69, 9.17) is 9.97 Å². The van der Waals surface area contributed by atoms with Gasteiger partial charge in [-0.1, -0.05) is 50.5 Å². The van der Waals surface area contributed by atoms with Crippen molar-refractivity contribution >= 4 is 22.6 Å². The first-order valence-corrected chi connectivity index (χ1v) is 12.3. The van der Waals surface area contributed by atoms with E-state index in [1.807, 2.05) is 37.3 Å². The van der Waals surface area contributed by atoms with Gasteiger partial charge in [-0.25, -0.2) is 9.97 Å². The van der Waals surface area contributed by atoms with Crippen molar-refractivity contribution in [1.29, 1.82) is 0 Å². The van der Waals surface area contributed by atoms with Crippen molar-refractivity contribution < 1.29 is 15.0 Å². The highest BCUT2D eigenvalue weighted by Crippen LogP contribution is 2.33. The van der Waals surface area contributed by atoms with Gasteiger partial charge in [0.05, 0.1) is 11.1 Å². The summed E-state index contributed by atoms with van der Waals surface area (Å²) in [6, 6.07) is 13.2. The number of fused-ring (bicyclic) bond motifs is 1. The summed E-state index contributed by atoms with van der Waals surface area (Å²) in [7, 11) is 0. The number of anilines is 1. The third kappa shape index (κ3) is 5.30. The second-order valence-corrected chi connectivity index (χ2v) is 9.14. The first-order valence-electron chi connectivity index (χ1n) is 12.3. The van der Waals surface area contributed by atoms with Gasteiger partial charge in [0.15, 0.2) is 5.82 Å². The summed E-state index contributed by atoms with van der Waals surface area (Å²) >= 11 is 0. The van der Waals surface area contributed by atoms with Crippen molar-refractivity contribution in [3.05, 3.63) is 48.0 Å². The SMILES string of the molecule is CCCCCC(O)C(=O)NC1CCN(c2nc(-c3ccccc3O)nc3c(C)cccc23)CC1. The van der Waals surface area contributed by atoms with Crippen LogP contribution in [-0.4, -0.2) is 51.3 Å². The summed E-state index contributed by atoms with van der Waals surface area (Å²) in [5.74, 6) is 1.23. The highest BCUT2D eigenvalue weighted by Gasteiger charge is 2.26. The van der Waals surface area contributed by atoms with E-state index in [-0.39, 0.29) is 17.7 Å². The van der Waals surface area contributed by atoms with Gasteiger partial charge in [0.1, 0.15) is 17.7 Å². The van der Waals surface area contributed by atoms with Crippen LogP contribution < -0.4 is 10.2 Å². The van der Waals surface area contributed by atoms with Crippen LogP contribution in [0.25, 0.3) is 22.3 Å². The number of unbranched alkanes of at least 4 members (excludes halogenated alkanes) is 2. The van der Waals surface area contributed by atoms with Crippen LogP contribution in [0.5, 0.6) is 5.75 Å². The lowest BCUT2D eigenvalue weighted by Crippen LogP contribution is -2.47. The van der Waals surface area contributed by atoms with Crippen molar-refractivity contribution in [3.8, 4) is 17.1 Å². The summed E-state index contributed by atoms with van der Waals surface area (Å²) < 4.78 is 0. The molecule has 2 aromatic carbocycles. The standard InChI is InChI=1S/C27H34N4O3/c1-3-4-5-13-23(33)27(34)28-19-14-16-31(17-15-19)26-21-11-8-9-18(2)24(21)29-25(30-26)20-10-6-7-12-22(20)32/h6-12,19,23,32-33H,3-5,13-17H2,1-2H3,(H,28,34). The van der Waals surface area contributed by atoms with E-state index in [0.717, 1.165) is 67.5 Å². The third-order valence-corrected chi connectivity index (χ3v) is 6.58. The smallest absolute Gasteiger partial charge is 0.249 e. The third-order valence-electron chi connectivity index (χ3n) is 6.58. The molecule has 34 heavy (non-hydrogen) atoms. The number of aromatic nitrogens is 2. The van der Waals surface area contributed by atoms with Crippen LogP contribution in [0.4, 0.5) is 5.82 Å². The molecule has 0 spiro atoms. The quantitative estimate of drug-likeness (QED) is 0.431. The largest absolute Gasteiger partial charge is 0.507 e. The molecular weight excluding hydrogens is 428 g/mol. The minimum atomic E-state index is -0.931. The maximum absolute atomic E-state index is 12.4. The van der Waals surface area contributed by atoms with Gasteiger partial charge in [0.25, 0.3) is 0 Å². The number of aliphatic hydroxyl groups excluding tert-OH is 1. The molecule has 1 fully saturated rings. The molecule has 0 aliphatic carbocycles. The normalized spacial score (nSPS) is 15.4. The first-order chi connectivity index (χ1) is 16.5. The zero-order valence-electron chi connectivity index (χ0n) is 20.0. The maximum atomic E-state index is 12.4. The Kier molecular flexibility index (Phi) is 7.63. The molecule has 0 radical (unpaired) electrons. The lowest BCUT2D eigenvalue weighted by molar-refractivity contribution is -0.130. The van der Waals surface area contributed by atoms with E-state index >= 15 is 0 Å². The number of aryl methyl sites for hydroxylation is 1. The molecular formula is C27H34N4O3. The summed E-state index contributed by atoms with van der Waals surface area (Å²) in [6.45, 7) is 5.60. The zero-order valence-corrected chi connectivity index (χ0v) is 20.0. The molecule has 1 aliphatic rings. The number of hydrogen-bond acceptors (Lipinski definition) is 6. The van der Waals surface area contributed by atoms with Crippen LogP contribution >= 0.6 is 0 Å². The number of aromatic hydroxyl groups is 1. The predicted octanol–water partition coefficient (Wildman–Crippen LogP) is 4.34. The van der Waals surface area contributed by atoms with Gasteiger partial charge in [0.2, 0.25) is 5.91 Å². The fraction of sp³-hybridized carbons (Fsp3) is 0.444. The van der Waals surface area contributed by atoms with E-state index in [1.165, 1.54) is 0 Å². The lowest BCUT2D eigenvalue weighted by atomic mass is 10.0. The van der Waals surface area contributed by atoms with Crippen molar-refractivity contribution in [2.45, 2.75) is 64.5 Å². The molecule has 2 heterocycles. The molecule has 1 saturated heterocycles. The maximum Gasteiger partial charge on any atom is 0.249 e. The fourth-order valence-corrected chi connectivity index (χ4v) is 4.56.